The highest BCUT2D eigenvalue weighted by atomic mass is 35.5. The van der Waals surface area contributed by atoms with Gasteiger partial charge in [-0.25, -0.2) is 0 Å². The summed E-state index contributed by atoms with van der Waals surface area (Å²) in [5.41, 5.74) is 0.903. The van der Waals surface area contributed by atoms with E-state index in [1.807, 2.05) is 0 Å². The topological polar surface area (TPSA) is 85.5 Å². The molecule has 0 aliphatic carbocycles. The summed E-state index contributed by atoms with van der Waals surface area (Å²) in [6.45, 7) is 2.34. The Morgan fingerprint density at radius 2 is 1.74 bits per heavy atom. The largest absolute Gasteiger partial charge is 0.426 e. The quantitative estimate of drug-likeness (QED) is 0.403. The molecule has 0 bridgehead atoms. The SMILES string of the molecule is CC(=O)Oc1ccccc1C(=O)N1CCC(c2nc(-c3c(Cl)cccc3Cl)no2)CC1. The van der Waals surface area contributed by atoms with Crippen LogP contribution in [0.2, 0.25) is 10.0 Å². The van der Waals surface area contributed by atoms with Crippen LogP contribution < -0.4 is 4.74 Å². The Morgan fingerprint density at radius 3 is 2.42 bits per heavy atom. The van der Waals surface area contributed by atoms with E-state index < -0.39 is 5.97 Å². The molecule has 0 radical (unpaired) electrons. The zero-order chi connectivity index (χ0) is 22.0. The molecule has 0 N–H and O–H groups in total. The molecular formula is C22H19Cl2N3O4. The lowest BCUT2D eigenvalue weighted by molar-refractivity contribution is -0.131. The third-order valence-electron chi connectivity index (χ3n) is 5.13. The van der Waals surface area contributed by atoms with Gasteiger partial charge in [0.15, 0.2) is 0 Å². The number of piperidine rings is 1. The highest BCUT2D eigenvalue weighted by Crippen LogP contribution is 2.35. The summed E-state index contributed by atoms with van der Waals surface area (Å²) in [5, 5.41) is 4.94. The average Bonchev–Trinajstić information content (AvgIpc) is 3.23. The molecule has 1 amide bonds. The van der Waals surface area contributed by atoms with Crippen LogP contribution in [0.3, 0.4) is 0 Å². The number of carbonyl (C=O) groups excluding carboxylic acids is 2. The number of likely N-dealkylation sites (tertiary alicyclic amines) is 1. The monoisotopic (exact) mass is 459 g/mol. The molecule has 0 spiro atoms. The number of para-hydroxylation sites is 1. The molecule has 1 aliphatic rings. The number of esters is 1. The van der Waals surface area contributed by atoms with E-state index in [1.165, 1.54) is 6.92 Å². The number of ether oxygens (including phenoxy) is 1. The maximum Gasteiger partial charge on any atom is 0.308 e. The Morgan fingerprint density at radius 1 is 1.06 bits per heavy atom. The summed E-state index contributed by atoms with van der Waals surface area (Å²) in [6, 6.07) is 11.9. The number of halogens is 2. The predicted octanol–water partition coefficient (Wildman–Crippen LogP) is 4.99. The number of hydrogen-bond donors (Lipinski definition) is 0. The van der Waals surface area contributed by atoms with Crippen LogP contribution in [0, 0.1) is 0 Å². The molecule has 1 fully saturated rings. The highest BCUT2D eigenvalue weighted by molar-refractivity contribution is 6.38. The Kier molecular flexibility index (Phi) is 6.25. The van der Waals surface area contributed by atoms with Crippen molar-refractivity contribution in [2.45, 2.75) is 25.7 Å². The van der Waals surface area contributed by atoms with Gasteiger partial charge in [0.05, 0.1) is 21.2 Å². The number of rotatable bonds is 4. The van der Waals surface area contributed by atoms with Crippen LogP contribution in [0.4, 0.5) is 0 Å². The van der Waals surface area contributed by atoms with Gasteiger partial charge in [-0.3, -0.25) is 9.59 Å². The van der Waals surface area contributed by atoms with Crippen molar-refractivity contribution in [2.75, 3.05) is 13.1 Å². The number of hydrogen-bond acceptors (Lipinski definition) is 6. The standard InChI is InChI=1S/C22H19Cl2N3O4/c1-13(28)30-18-8-3-2-5-15(18)22(29)27-11-9-14(10-12-27)21-25-20(26-31-21)19-16(23)6-4-7-17(19)24/h2-8,14H,9-12H2,1H3. The van der Waals surface area contributed by atoms with E-state index in [1.54, 1.807) is 47.4 Å². The second-order valence-electron chi connectivity index (χ2n) is 7.21. The summed E-state index contributed by atoms with van der Waals surface area (Å²) in [4.78, 5) is 30.5. The van der Waals surface area contributed by atoms with Gasteiger partial charge in [0, 0.05) is 25.9 Å². The van der Waals surface area contributed by atoms with E-state index in [4.69, 9.17) is 32.5 Å². The number of carbonyl (C=O) groups is 2. The maximum absolute atomic E-state index is 13.0. The van der Waals surface area contributed by atoms with Crippen molar-refractivity contribution < 1.29 is 18.8 Å². The van der Waals surface area contributed by atoms with Crippen LogP contribution in [0.25, 0.3) is 11.4 Å². The molecule has 31 heavy (non-hydrogen) atoms. The van der Waals surface area contributed by atoms with Gasteiger partial charge >= 0.3 is 5.97 Å². The fourth-order valence-electron chi connectivity index (χ4n) is 3.60. The van der Waals surface area contributed by atoms with Crippen LogP contribution in [-0.4, -0.2) is 40.0 Å². The third kappa shape index (κ3) is 4.57. The Bertz CT molecular complexity index is 1100. The van der Waals surface area contributed by atoms with E-state index in [-0.39, 0.29) is 17.6 Å². The molecule has 7 nitrogen and oxygen atoms in total. The van der Waals surface area contributed by atoms with Crippen molar-refractivity contribution in [1.82, 2.24) is 15.0 Å². The van der Waals surface area contributed by atoms with E-state index in [0.29, 0.717) is 58.8 Å². The molecule has 1 saturated heterocycles. The molecule has 0 saturated carbocycles. The van der Waals surface area contributed by atoms with E-state index in [0.717, 1.165) is 0 Å². The highest BCUT2D eigenvalue weighted by Gasteiger charge is 2.29. The second-order valence-corrected chi connectivity index (χ2v) is 8.02. The van der Waals surface area contributed by atoms with Crippen molar-refractivity contribution in [3.8, 4) is 17.1 Å². The first-order valence-electron chi connectivity index (χ1n) is 9.78. The summed E-state index contributed by atoms with van der Waals surface area (Å²) in [5.74, 6) is 0.488. The van der Waals surface area contributed by atoms with Crippen LogP contribution in [-0.2, 0) is 4.79 Å². The van der Waals surface area contributed by atoms with Gasteiger partial charge in [0.1, 0.15) is 5.75 Å². The van der Waals surface area contributed by atoms with Crippen molar-refractivity contribution in [2.24, 2.45) is 0 Å². The molecule has 1 aliphatic heterocycles. The average molecular weight is 460 g/mol. The van der Waals surface area contributed by atoms with Crippen LogP contribution >= 0.6 is 23.2 Å². The van der Waals surface area contributed by atoms with Crippen molar-refractivity contribution >= 4 is 35.1 Å². The van der Waals surface area contributed by atoms with Gasteiger partial charge in [-0.1, -0.05) is 46.6 Å². The minimum Gasteiger partial charge on any atom is -0.426 e. The number of aromatic nitrogens is 2. The van der Waals surface area contributed by atoms with Crippen LogP contribution in [0.1, 0.15) is 41.9 Å². The third-order valence-corrected chi connectivity index (χ3v) is 5.76. The van der Waals surface area contributed by atoms with Crippen molar-refractivity contribution in [1.29, 1.82) is 0 Å². The maximum atomic E-state index is 13.0. The lowest BCUT2D eigenvalue weighted by Crippen LogP contribution is -2.38. The number of amides is 1. The van der Waals surface area contributed by atoms with E-state index in [9.17, 15) is 9.59 Å². The molecule has 2 aromatic carbocycles. The molecule has 2 heterocycles. The van der Waals surface area contributed by atoms with E-state index >= 15 is 0 Å². The lowest BCUT2D eigenvalue weighted by atomic mass is 9.96. The van der Waals surface area contributed by atoms with Gasteiger partial charge in [-0.05, 0) is 37.1 Å². The normalized spacial score (nSPS) is 14.5. The van der Waals surface area contributed by atoms with Gasteiger partial charge in [0.2, 0.25) is 11.7 Å². The smallest absolute Gasteiger partial charge is 0.308 e. The molecule has 9 heteroatoms. The lowest BCUT2D eigenvalue weighted by Gasteiger charge is -2.30. The molecule has 160 valence electrons. The summed E-state index contributed by atoms with van der Waals surface area (Å²) in [6.07, 6.45) is 1.33. The molecule has 1 aromatic heterocycles. The molecular weight excluding hydrogens is 441 g/mol. The number of benzene rings is 2. The summed E-state index contributed by atoms with van der Waals surface area (Å²) < 4.78 is 10.6. The molecule has 3 aromatic rings. The Balaban J connectivity index is 1.45. The summed E-state index contributed by atoms with van der Waals surface area (Å²) >= 11 is 12.5. The van der Waals surface area contributed by atoms with Crippen molar-refractivity contribution in [3.05, 3.63) is 64.0 Å². The molecule has 0 atom stereocenters. The van der Waals surface area contributed by atoms with Crippen LogP contribution in [0.5, 0.6) is 5.75 Å². The first-order chi connectivity index (χ1) is 14.9. The first-order valence-corrected chi connectivity index (χ1v) is 10.5. The predicted molar refractivity (Wildman–Crippen MR) is 115 cm³/mol. The van der Waals surface area contributed by atoms with E-state index in [2.05, 4.69) is 10.1 Å². The van der Waals surface area contributed by atoms with Gasteiger partial charge in [-0.15, -0.1) is 0 Å². The van der Waals surface area contributed by atoms with Crippen molar-refractivity contribution in [3.63, 3.8) is 0 Å². The Labute approximate surface area is 188 Å². The Hall–Kier alpha value is -2.90. The minimum absolute atomic E-state index is 0.0234. The van der Waals surface area contributed by atoms with Gasteiger partial charge in [0.25, 0.3) is 5.91 Å². The number of nitrogens with zero attached hydrogens (tertiary/aromatic N) is 3. The fourth-order valence-corrected chi connectivity index (χ4v) is 4.17. The summed E-state index contributed by atoms with van der Waals surface area (Å²) in [7, 11) is 0. The van der Waals surface area contributed by atoms with Crippen LogP contribution in [0.15, 0.2) is 47.0 Å². The van der Waals surface area contributed by atoms with Gasteiger partial charge in [-0.2, -0.15) is 4.98 Å². The molecule has 0 unspecified atom stereocenters. The molecule has 4 rings (SSSR count). The zero-order valence-electron chi connectivity index (χ0n) is 16.7. The first kappa shape index (κ1) is 21.3. The minimum atomic E-state index is -0.468. The second kappa shape index (κ2) is 9.08. The zero-order valence-corrected chi connectivity index (χ0v) is 18.2. The fraction of sp³-hybridized carbons (Fsp3) is 0.273. The van der Waals surface area contributed by atoms with Gasteiger partial charge < -0.3 is 14.2 Å².